The molecule has 0 spiro atoms. The molecule has 0 aliphatic heterocycles. The van der Waals surface area contributed by atoms with E-state index in [2.05, 4.69) is 48.5 Å². The minimum Gasteiger partial charge on any atom is -0.207 e. The van der Waals surface area contributed by atoms with E-state index in [0.717, 1.165) is 72.3 Å². The average Bonchev–Trinajstić information content (AvgIpc) is 2.99. The van der Waals surface area contributed by atoms with E-state index in [0.29, 0.717) is 5.56 Å². The molecule has 7 aromatic rings. The van der Waals surface area contributed by atoms with Gasteiger partial charge in [0.15, 0.2) is 0 Å². The molecule has 0 N–H and O–H groups in total. The Labute approximate surface area is 234 Å². The van der Waals surface area contributed by atoms with Gasteiger partial charge in [0, 0.05) is 0 Å². The summed E-state index contributed by atoms with van der Waals surface area (Å²) >= 11 is 0. The second-order valence-electron chi connectivity index (χ2n) is 10.2. The molecule has 0 atom stereocenters. The van der Waals surface area contributed by atoms with Crippen molar-refractivity contribution in [2.24, 2.45) is 0 Å². The van der Waals surface area contributed by atoms with Crippen LogP contribution >= 0.6 is 0 Å². The summed E-state index contributed by atoms with van der Waals surface area (Å²) < 4.78 is 53.7. The Bertz CT molecular complexity index is 2060. The molecular formula is C37H22F4. The number of alkyl halides is 3. The lowest BCUT2D eigenvalue weighted by Crippen LogP contribution is -2.03. The monoisotopic (exact) mass is 542 g/mol. The Hall–Kier alpha value is -4.96. The summed E-state index contributed by atoms with van der Waals surface area (Å²) in [5.74, 6) is -0.319. The van der Waals surface area contributed by atoms with Crippen molar-refractivity contribution >= 4 is 32.3 Å². The Kier molecular flexibility index (Phi) is 5.86. The Balaban J connectivity index is 1.59. The predicted molar refractivity (Wildman–Crippen MR) is 160 cm³/mol. The summed E-state index contributed by atoms with van der Waals surface area (Å²) in [4.78, 5) is 0. The van der Waals surface area contributed by atoms with Crippen LogP contribution in [0.25, 0.3) is 65.7 Å². The minimum atomic E-state index is -4.40. The van der Waals surface area contributed by atoms with Crippen LogP contribution in [0.1, 0.15) is 5.56 Å². The lowest BCUT2D eigenvalue weighted by atomic mass is 9.84. The van der Waals surface area contributed by atoms with Gasteiger partial charge in [0.1, 0.15) is 5.82 Å². The maximum atomic E-state index is 14.0. The molecule has 0 saturated heterocycles. The van der Waals surface area contributed by atoms with Crippen LogP contribution in [0.5, 0.6) is 0 Å². The molecule has 0 nitrogen and oxygen atoms in total. The third kappa shape index (κ3) is 4.33. The first-order valence-corrected chi connectivity index (χ1v) is 13.3. The molecule has 4 heteroatoms. The number of hydrogen-bond acceptors (Lipinski definition) is 0. The number of fused-ring (bicyclic) bond motifs is 3. The quantitative estimate of drug-likeness (QED) is 0.154. The summed E-state index contributed by atoms with van der Waals surface area (Å²) in [6.45, 7) is 0. The van der Waals surface area contributed by atoms with Gasteiger partial charge in [-0.2, -0.15) is 13.2 Å². The molecule has 0 aliphatic rings. The molecule has 0 aromatic heterocycles. The normalized spacial score (nSPS) is 11.9. The zero-order valence-corrected chi connectivity index (χ0v) is 21.7. The fraction of sp³-hybridized carbons (Fsp3) is 0.0270. The first-order valence-electron chi connectivity index (χ1n) is 13.3. The second kappa shape index (κ2) is 9.60. The highest BCUT2D eigenvalue weighted by Gasteiger charge is 2.30. The van der Waals surface area contributed by atoms with Crippen LogP contribution in [0, 0.1) is 5.82 Å². The van der Waals surface area contributed by atoms with Crippen molar-refractivity contribution in [2.75, 3.05) is 0 Å². The van der Waals surface area contributed by atoms with E-state index in [-0.39, 0.29) is 5.82 Å². The van der Waals surface area contributed by atoms with E-state index in [1.807, 2.05) is 36.4 Å². The lowest BCUT2D eigenvalue weighted by Gasteiger charge is -2.19. The zero-order valence-electron chi connectivity index (χ0n) is 21.7. The van der Waals surface area contributed by atoms with Crippen molar-refractivity contribution < 1.29 is 17.6 Å². The number of hydrogen-bond donors (Lipinski definition) is 0. The summed E-state index contributed by atoms with van der Waals surface area (Å²) in [7, 11) is 0. The zero-order chi connectivity index (χ0) is 28.1. The first-order chi connectivity index (χ1) is 19.9. The molecule has 41 heavy (non-hydrogen) atoms. The highest BCUT2D eigenvalue weighted by Crippen LogP contribution is 2.46. The van der Waals surface area contributed by atoms with E-state index in [1.165, 1.54) is 24.3 Å². The van der Waals surface area contributed by atoms with Gasteiger partial charge in [-0.15, -0.1) is 0 Å². The Morgan fingerprint density at radius 1 is 0.415 bits per heavy atom. The van der Waals surface area contributed by atoms with Crippen molar-refractivity contribution in [3.8, 4) is 33.4 Å². The van der Waals surface area contributed by atoms with Gasteiger partial charge in [0.2, 0.25) is 0 Å². The van der Waals surface area contributed by atoms with Gasteiger partial charge in [-0.05, 0) is 96.0 Å². The second-order valence-corrected chi connectivity index (χ2v) is 10.2. The van der Waals surface area contributed by atoms with Crippen molar-refractivity contribution in [3.05, 3.63) is 145 Å². The van der Waals surface area contributed by atoms with E-state index in [9.17, 15) is 17.6 Å². The molecule has 7 rings (SSSR count). The first kappa shape index (κ1) is 25.0. The lowest BCUT2D eigenvalue weighted by molar-refractivity contribution is -0.137. The molecule has 0 bridgehead atoms. The standard InChI is InChI=1S/C37H22F4/c38-28-19-14-25(15-20-28)35-31-9-3-4-10-32(31)36(30-11-5-7-24-6-1-2-8-29(24)30)33-21-16-26(22-34(33)35)23-12-17-27(18-13-23)37(39,40)41/h1-22H. The topological polar surface area (TPSA) is 0 Å². The van der Waals surface area contributed by atoms with Crippen molar-refractivity contribution in [2.45, 2.75) is 6.18 Å². The Morgan fingerprint density at radius 3 is 1.68 bits per heavy atom. The number of rotatable bonds is 3. The maximum Gasteiger partial charge on any atom is 0.416 e. The van der Waals surface area contributed by atoms with E-state index in [1.54, 1.807) is 12.1 Å². The predicted octanol–water partition coefficient (Wildman–Crippen LogP) is 11.3. The average molecular weight is 543 g/mol. The van der Waals surface area contributed by atoms with Crippen molar-refractivity contribution in [1.82, 2.24) is 0 Å². The highest BCUT2D eigenvalue weighted by molar-refractivity contribution is 6.24. The van der Waals surface area contributed by atoms with Gasteiger partial charge in [-0.1, -0.05) is 103 Å². The molecule has 0 unspecified atom stereocenters. The Morgan fingerprint density at radius 2 is 0.976 bits per heavy atom. The molecule has 0 aliphatic carbocycles. The van der Waals surface area contributed by atoms with Crippen LogP contribution in [0.3, 0.4) is 0 Å². The van der Waals surface area contributed by atoms with Crippen LogP contribution < -0.4 is 0 Å². The summed E-state index contributed by atoms with van der Waals surface area (Å²) in [5, 5.41) is 6.29. The van der Waals surface area contributed by atoms with E-state index < -0.39 is 11.7 Å². The third-order valence-corrected chi connectivity index (χ3v) is 7.76. The van der Waals surface area contributed by atoms with Gasteiger partial charge in [-0.25, -0.2) is 4.39 Å². The van der Waals surface area contributed by atoms with Crippen LogP contribution in [0.2, 0.25) is 0 Å². The molecule has 0 fully saturated rings. The van der Waals surface area contributed by atoms with Crippen LogP contribution in [0.4, 0.5) is 17.6 Å². The van der Waals surface area contributed by atoms with Crippen molar-refractivity contribution in [3.63, 3.8) is 0 Å². The summed E-state index contributed by atoms with van der Waals surface area (Å²) in [5.41, 5.74) is 4.79. The number of halogens is 4. The molecule has 0 amide bonds. The minimum absolute atomic E-state index is 0.319. The van der Waals surface area contributed by atoms with Gasteiger partial charge < -0.3 is 0 Å². The van der Waals surface area contributed by atoms with Crippen LogP contribution in [-0.4, -0.2) is 0 Å². The molecule has 0 saturated carbocycles. The third-order valence-electron chi connectivity index (χ3n) is 7.76. The SMILES string of the molecule is Fc1ccc(-c2c3ccccc3c(-c3cccc4ccccc34)c3ccc(-c4ccc(C(F)(F)F)cc4)cc23)cc1. The van der Waals surface area contributed by atoms with E-state index in [4.69, 9.17) is 0 Å². The van der Waals surface area contributed by atoms with Crippen molar-refractivity contribution in [1.29, 1.82) is 0 Å². The fourth-order valence-corrected chi connectivity index (χ4v) is 5.87. The van der Waals surface area contributed by atoms with Gasteiger partial charge in [0.25, 0.3) is 0 Å². The van der Waals surface area contributed by atoms with Gasteiger partial charge in [0.05, 0.1) is 5.56 Å². The summed E-state index contributed by atoms with van der Waals surface area (Å²) in [6, 6.07) is 40.5. The number of benzene rings is 7. The highest BCUT2D eigenvalue weighted by atomic mass is 19.4. The fourth-order valence-electron chi connectivity index (χ4n) is 5.87. The largest absolute Gasteiger partial charge is 0.416 e. The molecular weight excluding hydrogens is 520 g/mol. The van der Waals surface area contributed by atoms with Gasteiger partial charge >= 0.3 is 6.18 Å². The maximum absolute atomic E-state index is 14.0. The molecule has 7 aromatic carbocycles. The van der Waals surface area contributed by atoms with Crippen LogP contribution in [0.15, 0.2) is 133 Å². The molecule has 198 valence electrons. The molecule has 0 radical (unpaired) electrons. The smallest absolute Gasteiger partial charge is 0.207 e. The molecule has 0 heterocycles. The van der Waals surface area contributed by atoms with Crippen LogP contribution in [-0.2, 0) is 6.18 Å². The summed E-state index contributed by atoms with van der Waals surface area (Å²) in [6.07, 6.45) is -4.40. The van der Waals surface area contributed by atoms with E-state index >= 15 is 0 Å². The van der Waals surface area contributed by atoms with Gasteiger partial charge in [-0.3, -0.25) is 0 Å².